The van der Waals surface area contributed by atoms with Crippen LogP contribution in [-0.4, -0.2) is 37.0 Å². The molecule has 258 valence electrons. The lowest BCUT2D eigenvalue weighted by Gasteiger charge is -2.15. The summed E-state index contributed by atoms with van der Waals surface area (Å²) in [5, 5.41) is 9.56. The highest BCUT2D eigenvalue weighted by Crippen LogP contribution is 2.12. The van der Waals surface area contributed by atoms with Gasteiger partial charge in [0, 0.05) is 13.0 Å². The van der Waals surface area contributed by atoms with Crippen LogP contribution < -0.4 is 0 Å². The minimum atomic E-state index is -0.541. The standard InChI is InChI=1S/C40H74O4/c1-3-5-7-9-11-13-15-17-19-20-21-22-24-26-28-30-32-34-36-43-38-39(37-41)44-40(42)35-33-31-29-27-25-23-18-16-14-12-10-8-6-4-2/h10,12,16-19,39,41H,3-9,11,13-15,20-38H2,1-2H3/b12-10-,18-16-,19-17-. The molecule has 0 aromatic rings. The summed E-state index contributed by atoms with van der Waals surface area (Å²) in [4.78, 5) is 12.1. The number of carbonyl (C=O) groups is 1. The normalized spacial score (nSPS) is 12.7. The Hall–Kier alpha value is -1.39. The Bertz CT molecular complexity index is 654. The fraction of sp³-hybridized carbons (Fsp3) is 0.825. The second kappa shape index (κ2) is 37.8. The summed E-state index contributed by atoms with van der Waals surface area (Å²) >= 11 is 0. The lowest BCUT2D eigenvalue weighted by Crippen LogP contribution is -2.27. The van der Waals surface area contributed by atoms with Gasteiger partial charge in [-0.25, -0.2) is 0 Å². The van der Waals surface area contributed by atoms with Crippen molar-refractivity contribution < 1.29 is 19.4 Å². The molecule has 1 unspecified atom stereocenters. The summed E-state index contributed by atoms with van der Waals surface area (Å²) in [6.45, 7) is 5.29. The highest BCUT2D eigenvalue weighted by Gasteiger charge is 2.13. The van der Waals surface area contributed by atoms with Gasteiger partial charge in [-0.05, 0) is 64.2 Å². The maximum Gasteiger partial charge on any atom is 0.306 e. The first kappa shape index (κ1) is 42.6. The average Bonchev–Trinajstić information content (AvgIpc) is 3.03. The fourth-order valence-corrected chi connectivity index (χ4v) is 5.28. The van der Waals surface area contributed by atoms with E-state index < -0.39 is 6.10 Å². The third kappa shape index (κ3) is 35.1. The summed E-state index contributed by atoms with van der Waals surface area (Å²) in [5.74, 6) is -0.216. The first-order valence-corrected chi connectivity index (χ1v) is 19.1. The summed E-state index contributed by atoms with van der Waals surface area (Å²) in [6, 6.07) is 0. The van der Waals surface area contributed by atoms with E-state index in [2.05, 4.69) is 50.3 Å². The molecule has 0 aromatic heterocycles. The van der Waals surface area contributed by atoms with Crippen LogP contribution in [0.5, 0.6) is 0 Å². The van der Waals surface area contributed by atoms with Gasteiger partial charge in [-0.15, -0.1) is 0 Å². The minimum absolute atomic E-state index is 0.178. The van der Waals surface area contributed by atoms with Crippen molar-refractivity contribution in [3.8, 4) is 0 Å². The van der Waals surface area contributed by atoms with Gasteiger partial charge >= 0.3 is 5.97 Å². The zero-order chi connectivity index (χ0) is 32.0. The van der Waals surface area contributed by atoms with Crippen LogP contribution in [-0.2, 0) is 14.3 Å². The van der Waals surface area contributed by atoms with Crippen molar-refractivity contribution >= 4 is 5.97 Å². The molecule has 44 heavy (non-hydrogen) atoms. The zero-order valence-electron chi connectivity index (χ0n) is 29.4. The Morgan fingerprint density at radius 3 is 1.50 bits per heavy atom. The van der Waals surface area contributed by atoms with Crippen molar-refractivity contribution in [3.05, 3.63) is 36.5 Å². The van der Waals surface area contributed by atoms with Crippen LogP contribution >= 0.6 is 0 Å². The number of rotatable bonds is 35. The van der Waals surface area contributed by atoms with Crippen LogP contribution in [0.4, 0.5) is 0 Å². The second-order valence-corrected chi connectivity index (χ2v) is 12.6. The maximum absolute atomic E-state index is 12.1. The molecule has 0 amide bonds. The largest absolute Gasteiger partial charge is 0.457 e. The predicted molar refractivity (Wildman–Crippen MR) is 191 cm³/mol. The molecule has 0 aliphatic carbocycles. The van der Waals surface area contributed by atoms with E-state index in [9.17, 15) is 9.90 Å². The van der Waals surface area contributed by atoms with E-state index in [1.165, 1.54) is 128 Å². The average molecular weight is 619 g/mol. The Balaban J connectivity index is 3.45. The Labute approximate surface area is 274 Å². The molecule has 1 atom stereocenters. The summed E-state index contributed by atoms with van der Waals surface area (Å²) < 4.78 is 11.1. The van der Waals surface area contributed by atoms with Gasteiger partial charge in [-0.3, -0.25) is 4.79 Å². The number of hydrogen-bond donors (Lipinski definition) is 1. The molecule has 0 heterocycles. The van der Waals surface area contributed by atoms with Crippen LogP contribution in [0.25, 0.3) is 0 Å². The van der Waals surface area contributed by atoms with Crippen LogP contribution in [0, 0.1) is 0 Å². The van der Waals surface area contributed by atoms with Crippen molar-refractivity contribution in [1.82, 2.24) is 0 Å². The van der Waals surface area contributed by atoms with E-state index in [-0.39, 0.29) is 19.2 Å². The minimum Gasteiger partial charge on any atom is -0.457 e. The van der Waals surface area contributed by atoms with Gasteiger partial charge in [-0.2, -0.15) is 0 Å². The molecule has 0 aliphatic rings. The molecular formula is C40H74O4. The smallest absolute Gasteiger partial charge is 0.306 e. The molecule has 0 saturated carbocycles. The van der Waals surface area contributed by atoms with E-state index in [1.54, 1.807) is 0 Å². The molecule has 0 spiro atoms. The van der Waals surface area contributed by atoms with Crippen LogP contribution in [0.2, 0.25) is 0 Å². The van der Waals surface area contributed by atoms with E-state index in [1.807, 2.05) is 0 Å². The number of aliphatic hydroxyl groups excluding tert-OH is 1. The molecule has 0 radical (unpaired) electrons. The Morgan fingerprint density at radius 2 is 0.977 bits per heavy atom. The second-order valence-electron chi connectivity index (χ2n) is 12.6. The van der Waals surface area contributed by atoms with Crippen LogP contribution in [0.1, 0.15) is 187 Å². The molecule has 0 aromatic carbocycles. The van der Waals surface area contributed by atoms with Gasteiger partial charge in [0.25, 0.3) is 0 Å². The summed E-state index contributed by atoms with van der Waals surface area (Å²) in [5.41, 5.74) is 0. The number of allylic oxidation sites excluding steroid dienone is 6. The van der Waals surface area contributed by atoms with Crippen molar-refractivity contribution in [2.24, 2.45) is 0 Å². The van der Waals surface area contributed by atoms with Gasteiger partial charge in [0.05, 0.1) is 13.2 Å². The van der Waals surface area contributed by atoms with Crippen molar-refractivity contribution in [3.63, 3.8) is 0 Å². The Morgan fingerprint density at radius 1 is 0.545 bits per heavy atom. The molecule has 0 bridgehead atoms. The highest BCUT2D eigenvalue weighted by molar-refractivity contribution is 5.69. The number of esters is 1. The topological polar surface area (TPSA) is 55.8 Å². The van der Waals surface area contributed by atoms with E-state index in [0.717, 1.165) is 38.5 Å². The highest BCUT2D eigenvalue weighted by atomic mass is 16.6. The van der Waals surface area contributed by atoms with Crippen LogP contribution in [0.3, 0.4) is 0 Å². The monoisotopic (exact) mass is 619 g/mol. The first-order chi connectivity index (χ1) is 21.7. The predicted octanol–water partition coefficient (Wildman–Crippen LogP) is 12.1. The molecule has 0 aliphatic heterocycles. The van der Waals surface area contributed by atoms with Crippen LogP contribution in [0.15, 0.2) is 36.5 Å². The van der Waals surface area contributed by atoms with E-state index >= 15 is 0 Å². The molecule has 0 rings (SSSR count). The summed E-state index contributed by atoms with van der Waals surface area (Å²) in [7, 11) is 0. The third-order valence-corrected chi connectivity index (χ3v) is 8.19. The number of carbonyl (C=O) groups excluding carboxylic acids is 1. The van der Waals surface area contributed by atoms with Crippen molar-refractivity contribution in [2.45, 2.75) is 193 Å². The maximum atomic E-state index is 12.1. The van der Waals surface area contributed by atoms with E-state index in [4.69, 9.17) is 9.47 Å². The van der Waals surface area contributed by atoms with Crippen molar-refractivity contribution in [1.29, 1.82) is 0 Å². The van der Waals surface area contributed by atoms with Gasteiger partial charge in [0.2, 0.25) is 0 Å². The van der Waals surface area contributed by atoms with Gasteiger partial charge in [0.1, 0.15) is 6.10 Å². The quantitative estimate of drug-likeness (QED) is 0.0436. The SMILES string of the molecule is CCCC/C=C\C/C=C\CCCCCCCC(=O)OC(CO)COCCCCCCCCCC/C=C\CCCCCCCC. The molecule has 0 saturated heterocycles. The lowest BCUT2D eigenvalue weighted by atomic mass is 10.1. The number of hydrogen-bond acceptors (Lipinski definition) is 4. The fourth-order valence-electron chi connectivity index (χ4n) is 5.28. The van der Waals surface area contributed by atoms with Gasteiger partial charge in [-0.1, -0.05) is 153 Å². The molecule has 4 nitrogen and oxygen atoms in total. The van der Waals surface area contributed by atoms with E-state index in [0.29, 0.717) is 13.0 Å². The molecule has 4 heteroatoms. The van der Waals surface area contributed by atoms with Gasteiger partial charge < -0.3 is 14.6 Å². The molecule has 0 fully saturated rings. The molecular weight excluding hydrogens is 544 g/mol. The number of unbranched alkanes of at least 4 members (excludes halogenated alkanes) is 21. The third-order valence-electron chi connectivity index (χ3n) is 8.19. The van der Waals surface area contributed by atoms with Gasteiger partial charge in [0.15, 0.2) is 0 Å². The zero-order valence-corrected chi connectivity index (χ0v) is 29.4. The number of aliphatic hydroxyl groups is 1. The summed E-state index contributed by atoms with van der Waals surface area (Å²) in [6.07, 6.45) is 46.1. The molecule has 1 N–H and O–H groups in total. The number of ether oxygens (including phenoxy) is 2. The Kier molecular flexibility index (Phi) is 36.6. The first-order valence-electron chi connectivity index (χ1n) is 19.1. The van der Waals surface area contributed by atoms with Crippen molar-refractivity contribution in [2.75, 3.05) is 19.8 Å². The lowest BCUT2D eigenvalue weighted by molar-refractivity contribution is -0.154.